The van der Waals surface area contributed by atoms with E-state index in [1.165, 1.54) is 31.3 Å². The van der Waals surface area contributed by atoms with Crippen molar-refractivity contribution in [3.63, 3.8) is 0 Å². The zero-order valence-electron chi connectivity index (χ0n) is 12.8. The second-order valence-corrected chi connectivity index (χ2v) is 7.06. The summed E-state index contributed by atoms with van der Waals surface area (Å²) in [5, 5.41) is 0. The molecule has 1 fully saturated rings. The predicted octanol–water partition coefficient (Wildman–Crippen LogP) is 4.03. The molecule has 0 aliphatic heterocycles. The Hall–Kier alpha value is -0.340. The molecule has 1 aliphatic rings. The Labute approximate surface area is 113 Å². The molecule has 106 valence electrons. The van der Waals surface area contributed by atoms with Crippen molar-refractivity contribution < 1.29 is 0 Å². The van der Waals surface area contributed by atoms with Crippen molar-refractivity contribution in [2.75, 3.05) is 0 Å². The molecule has 1 atom stereocenters. The predicted molar refractivity (Wildman–Crippen MR) is 80.1 cm³/mol. The SMILES string of the molecule is C=C(CC)CC(NN)C1CCC(C(C)(C)C)CC1. The highest BCUT2D eigenvalue weighted by atomic mass is 15.2. The second kappa shape index (κ2) is 6.72. The Morgan fingerprint density at radius 2 is 1.83 bits per heavy atom. The van der Waals surface area contributed by atoms with Gasteiger partial charge in [-0.15, -0.1) is 0 Å². The first-order valence-corrected chi connectivity index (χ1v) is 7.51. The molecule has 0 aromatic heterocycles. The smallest absolute Gasteiger partial charge is 0.0275 e. The molecule has 2 heteroatoms. The number of hydrazine groups is 1. The van der Waals surface area contributed by atoms with Crippen LogP contribution in [-0.4, -0.2) is 6.04 Å². The highest BCUT2D eigenvalue weighted by molar-refractivity contribution is 4.98. The molecular formula is C16H32N2. The van der Waals surface area contributed by atoms with Crippen LogP contribution in [0.1, 0.15) is 66.2 Å². The fraction of sp³-hybridized carbons (Fsp3) is 0.875. The number of hydrogen-bond donors (Lipinski definition) is 2. The van der Waals surface area contributed by atoms with Crippen LogP contribution in [0.4, 0.5) is 0 Å². The Kier molecular flexibility index (Phi) is 5.87. The van der Waals surface area contributed by atoms with E-state index in [4.69, 9.17) is 5.84 Å². The van der Waals surface area contributed by atoms with E-state index in [0.29, 0.717) is 11.5 Å². The zero-order valence-corrected chi connectivity index (χ0v) is 12.8. The normalized spacial score (nSPS) is 26.9. The van der Waals surface area contributed by atoms with E-state index in [1.54, 1.807) is 0 Å². The monoisotopic (exact) mass is 252 g/mol. The van der Waals surface area contributed by atoms with Gasteiger partial charge in [0.15, 0.2) is 0 Å². The lowest BCUT2D eigenvalue weighted by Crippen LogP contribution is -2.43. The highest BCUT2D eigenvalue weighted by Crippen LogP contribution is 2.41. The summed E-state index contributed by atoms with van der Waals surface area (Å²) in [6.07, 6.45) is 7.44. The quantitative estimate of drug-likeness (QED) is 0.440. The van der Waals surface area contributed by atoms with Gasteiger partial charge in [-0.2, -0.15) is 0 Å². The van der Waals surface area contributed by atoms with Gasteiger partial charge in [0, 0.05) is 6.04 Å². The first-order chi connectivity index (χ1) is 8.38. The van der Waals surface area contributed by atoms with Crippen LogP contribution in [0.5, 0.6) is 0 Å². The summed E-state index contributed by atoms with van der Waals surface area (Å²) in [7, 11) is 0. The van der Waals surface area contributed by atoms with Crippen molar-refractivity contribution in [3.8, 4) is 0 Å². The third-order valence-electron chi connectivity index (χ3n) is 4.79. The minimum absolute atomic E-state index is 0.429. The van der Waals surface area contributed by atoms with Crippen LogP contribution in [-0.2, 0) is 0 Å². The lowest BCUT2D eigenvalue weighted by atomic mass is 9.68. The van der Waals surface area contributed by atoms with Crippen molar-refractivity contribution in [2.24, 2.45) is 23.1 Å². The minimum Gasteiger partial charge on any atom is -0.271 e. The van der Waals surface area contributed by atoms with Gasteiger partial charge in [-0.3, -0.25) is 11.3 Å². The molecule has 0 aromatic carbocycles. The van der Waals surface area contributed by atoms with E-state index >= 15 is 0 Å². The van der Waals surface area contributed by atoms with Crippen LogP contribution < -0.4 is 11.3 Å². The number of nitrogens with two attached hydrogens (primary N) is 1. The third kappa shape index (κ3) is 4.40. The zero-order chi connectivity index (χ0) is 13.8. The molecule has 0 saturated heterocycles. The average Bonchev–Trinajstić information content (AvgIpc) is 2.34. The summed E-state index contributed by atoms with van der Waals surface area (Å²) < 4.78 is 0. The van der Waals surface area contributed by atoms with E-state index in [-0.39, 0.29) is 0 Å². The van der Waals surface area contributed by atoms with Gasteiger partial charge in [0.2, 0.25) is 0 Å². The molecule has 0 radical (unpaired) electrons. The maximum Gasteiger partial charge on any atom is 0.0275 e. The molecular weight excluding hydrogens is 220 g/mol. The highest BCUT2D eigenvalue weighted by Gasteiger charge is 2.32. The summed E-state index contributed by atoms with van der Waals surface area (Å²) in [5.74, 6) is 7.35. The molecule has 0 bridgehead atoms. The first-order valence-electron chi connectivity index (χ1n) is 7.51. The maximum absolute atomic E-state index is 5.74. The van der Waals surface area contributed by atoms with Crippen molar-refractivity contribution in [3.05, 3.63) is 12.2 Å². The van der Waals surface area contributed by atoms with Crippen LogP contribution in [0.2, 0.25) is 0 Å². The Morgan fingerprint density at radius 1 is 1.28 bits per heavy atom. The third-order valence-corrected chi connectivity index (χ3v) is 4.79. The molecule has 1 rings (SSSR count). The molecule has 18 heavy (non-hydrogen) atoms. The fourth-order valence-electron chi connectivity index (χ4n) is 3.20. The van der Waals surface area contributed by atoms with Gasteiger partial charge in [0.1, 0.15) is 0 Å². The van der Waals surface area contributed by atoms with Crippen molar-refractivity contribution >= 4 is 0 Å². The number of hydrogen-bond acceptors (Lipinski definition) is 2. The molecule has 0 aromatic rings. The van der Waals surface area contributed by atoms with Gasteiger partial charge < -0.3 is 0 Å². The molecule has 1 aliphatic carbocycles. The van der Waals surface area contributed by atoms with Gasteiger partial charge in [-0.25, -0.2) is 0 Å². The Bertz CT molecular complexity index is 257. The van der Waals surface area contributed by atoms with Gasteiger partial charge in [0.05, 0.1) is 0 Å². The molecule has 1 unspecified atom stereocenters. The number of nitrogens with one attached hydrogen (secondary N) is 1. The van der Waals surface area contributed by atoms with Gasteiger partial charge >= 0.3 is 0 Å². The van der Waals surface area contributed by atoms with Crippen molar-refractivity contribution in [2.45, 2.75) is 72.3 Å². The van der Waals surface area contributed by atoms with Crippen molar-refractivity contribution in [1.29, 1.82) is 0 Å². The molecule has 3 N–H and O–H groups in total. The van der Waals surface area contributed by atoms with Crippen LogP contribution >= 0.6 is 0 Å². The van der Waals surface area contributed by atoms with E-state index in [2.05, 4.69) is 39.7 Å². The largest absolute Gasteiger partial charge is 0.271 e. The van der Waals surface area contributed by atoms with Crippen LogP contribution in [0.3, 0.4) is 0 Å². The summed E-state index contributed by atoms with van der Waals surface area (Å²) in [6.45, 7) is 13.4. The van der Waals surface area contributed by atoms with Crippen LogP contribution in [0.15, 0.2) is 12.2 Å². The summed E-state index contributed by atoms with van der Waals surface area (Å²) in [4.78, 5) is 0. The standard InChI is InChI=1S/C16H32N2/c1-6-12(2)11-15(18-17)13-7-9-14(10-8-13)16(3,4)5/h13-15,18H,2,6-11,17H2,1,3-5H3. The maximum atomic E-state index is 5.74. The summed E-state index contributed by atoms with van der Waals surface area (Å²) >= 11 is 0. The number of rotatable bonds is 5. The van der Waals surface area contributed by atoms with Crippen LogP contribution in [0, 0.1) is 17.3 Å². The van der Waals surface area contributed by atoms with E-state index in [9.17, 15) is 0 Å². The fourth-order valence-corrected chi connectivity index (χ4v) is 3.20. The minimum atomic E-state index is 0.429. The van der Waals surface area contributed by atoms with Gasteiger partial charge in [-0.1, -0.05) is 39.8 Å². The summed E-state index contributed by atoms with van der Waals surface area (Å²) in [5.41, 5.74) is 4.81. The average molecular weight is 252 g/mol. The Balaban J connectivity index is 2.47. The van der Waals surface area contributed by atoms with Crippen LogP contribution in [0.25, 0.3) is 0 Å². The molecule has 1 saturated carbocycles. The lowest BCUT2D eigenvalue weighted by Gasteiger charge is -2.39. The lowest BCUT2D eigenvalue weighted by molar-refractivity contribution is 0.132. The molecule has 0 heterocycles. The second-order valence-electron chi connectivity index (χ2n) is 7.06. The van der Waals surface area contributed by atoms with E-state index in [0.717, 1.165) is 24.7 Å². The first kappa shape index (κ1) is 15.7. The molecule has 0 amide bonds. The topological polar surface area (TPSA) is 38.0 Å². The molecule has 2 nitrogen and oxygen atoms in total. The van der Waals surface area contributed by atoms with Crippen molar-refractivity contribution in [1.82, 2.24) is 5.43 Å². The van der Waals surface area contributed by atoms with E-state index in [1.807, 2.05) is 0 Å². The summed E-state index contributed by atoms with van der Waals surface area (Å²) in [6, 6.07) is 0.429. The van der Waals surface area contributed by atoms with E-state index < -0.39 is 0 Å². The Morgan fingerprint density at radius 3 is 2.22 bits per heavy atom. The van der Waals surface area contributed by atoms with Gasteiger partial charge in [0.25, 0.3) is 0 Å². The van der Waals surface area contributed by atoms with Gasteiger partial charge in [-0.05, 0) is 55.8 Å². The molecule has 0 spiro atoms.